The van der Waals surface area contributed by atoms with E-state index in [-0.39, 0.29) is 0 Å². The first-order valence-electron chi connectivity index (χ1n) is 37.9. The molecule has 0 amide bonds. The number of hydrogen-bond donors (Lipinski definition) is 0. The van der Waals surface area contributed by atoms with Crippen molar-refractivity contribution in [2.24, 2.45) is 0 Å². The Bertz CT molecular complexity index is 7760. The topological polar surface area (TPSA) is 48.0 Å². The van der Waals surface area contributed by atoms with Crippen LogP contribution in [0, 0.1) is 0 Å². The van der Waals surface area contributed by atoms with Crippen LogP contribution in [-0.2, 0) is 0 Å². The van der Waals surface area contributed by atoms with E-state index in [2.05, 4.69) is 367 Å². The second kappa shape index (κ2) is 24.6. The molecule has 0 saturated heterocycles. The van der Waals surface area contributed by atoms with Gasteiger partial charge in [-0.3, -0.25) is 0 Å². The molecule has 17 aromatic carbocycles. The van der Waals surface area contributed by atoms with Gasteiger partial charge in [-0.15, -0.1) is 0 Å². The lowest BCUT2D eigenvalue weighted by molar-refractivity contribution is 0.415. The Labute approximate surface area is 637 Å². The molecular formula is C103H66N6O2. The van der Waals surface area contributed by atoms with Crippen LogP contribution in [-0.4, -0.2) is 34.5 Å². The van der Waals surface area contributed by atoms with Crippen molar-refractivity contribution in [3.63, 3.8) is 0 Å². The average Bonchev–Trinajstić information content (AvgIpc) is 1.58. The molecule has 0 aliphatic rings. The van der Waals surface area contributed by atoms with Crippen molar-refractivity contribution in [2.45, 2.75) is 0 Å². The molecule has 6 heterocycles. The van der Waals surface area contributed by atoms with E-state index in [4.69, 9.17) is 9.47 Å². The second-order valence-corrected chi connectivity index (χ2v) is 29.2. The van der Waals surface area contributed by atoms with Crippen LogP contribution in [0.25, 0.3) is 198 Å². The van der Waals surface area contributed by atoms with E-state index in [0.717, 1.165) is 129 Å². The molecule has 0 atom stereocenters. The Morgan fingerprint density at radius 1 is 0.153 bits per heavy atom. The maximum absolute atomic E-state index is 6.24. The van der Waals surface area contributed by atoms with Gasteiger partial charge in [0.25, 0.3) is 0 Å². The van der Waals surface area contributed by atoms with Crippen LogP contribution in [0.1, 0.15) is 0 Å². The number of hydrogen-bond acceptors (Lipinski definition) is 2. The Morgan fingerprint density at radius 2 is 0.414 bits per heavy atom. The van der Waals surface area contributed by atoms with Crippen molar-refractivity contribution < 1.29 is 9.47 Å². The highest BCUT2D eigenvalue weighted by molar-refractivity contribution is 6.17. The highest BCUT2D eigenvalue weighted by Crippen LogP contribution is 2.45. The lowest BCUT2D eigenvalue weighted by atomic mass is 9.99. The molecule has 0 N–H and O–H groups in total. The largest absolute Gasteiger partial charge is 0.497 e. The van der Waals surface area contributed by atoms with Crippen LogP contribution in [0.15, 0.2) is 382 Å². The minimum Gasteiger partial charge on any atom is -0.497 e. The number of benzene rings is 17. The fourth-order valence-corrected chi connectivity index (χ4v) is 18.1. The van der Waals surface area contributed by atoms with E-state index >= 15 is 0 Å². The minimum atomic E-state index is 0.793. The third kappa shape index (κ3) is 9.74. The maximum atomic E-state index is 6.24. The molecule has 23 aromatic rings. The Morgan fingerprint density at radius 3 is 0.847 bits per heavy atom. The molecule has 0 spiro atoms. The summed E-state index contributed by atoms with van der Waals surface area (Å²) in [7, 11) is 1.71. The first-order valence-corrected chi connectivity index (χ1v) is 37.9. The van der Waals surface area contributed by atoms with E-state index in [9.17, 15) is 0 Å². The van der Waals surface area contributed by atoms with E-state index in [1.165, 1.54) is 86.7 Å². The average molecular weight is 1420 g/mol. The molecule has 0 radical (unpaired) electrons. The van der Waals surface area contributed by atoms with E-state index in [1.54, 1.807) is 7.11 Å². The van der Waals surface area contributed by atoms with Gasteiger partial charge in [-0.2, -0.15) is 0 Å². The minimum absolute atomic E-state index is 0.793. The van der Waals surface area contributed by atoms with Gasteiger partial charge in [-0.1, -0.05) is 182 Å². The molecule has 0 bridgehead atoms. The lowest BCUT2D eigenvalue weighted by Crippen LogP contribution is -1.96. The van der Waals surface area contributed by atoms with Crippen LogP contribution in [0.5, 0.6) is 17.2 Å². The van der Waals surface area contributed by atoms with Gasteiger partial charge in [0.15, 0.2) is 0 Å². The number of fused-ring (bicyclic) bond motifs is 18. The first kappa shape index (κ1) is 62.4. The van der Waals surface area contributed by atoms with Crippen LogP contribution in [0.2, 0.25) is 0 Å². The van der Waals surface area contributed by atoms with Crippen molar-refractivity contribution in [3.05, 3.63) is 382 Å². The SMILES string of the molecule is COc1ccc(-n2c3ccccc3c3cc(-c4ccc5c6ccccc6n(-c6ccc7c(c6)c6ccccc6n7-c6cccc(-c7ccc8c(c7)c7ccc(-c9ccc%10c(c9)c9ccccc9n%10-c9ccc(Oc%10ccccc%10)cc9)cc7n8-c7ccc8c(c7)c7ccccc7n8-c7ccccc7)c6)c5c4)ccc32)cc1. The number of rotatable bonds is 12. The summed E-state index contributed by atoms with van der Waals surface area (Å²) >= 11 is 0. The number of nitrogens with zero attached hydrogens (tertiary/aromatic N) is 6. The zero-order chi connectivity index (χ0) is 72.9. The zero-order valence-corrected chi connectivity index (χ0v) is 60.4. The highest BCUT2D eigenvalue weighted by Gasteiger charge is 2.24. The summed E-state index contributed by atoms with van der Waals surface area (Å²) in [6.07, 6.45) is 0. The summed E-state index contributed by atoms with van der Waals surface area (Å²) in [5.41, 5.74) is 27.3. The van der Waals surface area contributed by atoms with E-state index in [0.29, 0.717) is 0 Å². The Balaban J connectivity index is 0.642. The Hall–Kier alpha value is -14.9. The van der Waals surface area contributed by atoms with Crippen molar-refractivity contribution in [3.8, 4) is 84.8 Å². The third-order valence-electron chi connectivity index (χ3n) is 23.1. The van der Waals surface area contributed by atoms with Gasteiger partial charge < -0.3 is 36.9 Å². The molecule has 520 valence electrons. The summed E-state index contributed by atoms with van der Waals surface area (Å²) < 4.78 is 26.3. The molecule has 0 fully saturated rings. The van der Waals surface area contributed by atoms with Crippen molar-refractivity contribution in [1.29, 1.82) is 0 Å². The fourth-order valence-electron chi connectivity index (χ4n) is 18.1. The molecule has 6 aromatic heterocycles. The molecule has 0 saturated carbocycles. The third-order valence-corrected chi connectivity index (χ3v) is 23.1. The molecule has 8 heteroatoms. The van der Waals surface area contributed by atoms with Crippen molar-refractivity contribution in [1.82, 2.24) is 27.4 Å². The molecule has 0 unspecified atom stereocenters. The van der Waals surface area contributed by atoms with Crippen LogP contribution < -0.4 is 9.47 Å². The summed E-state index contributed by atoms with van der Waals surface area (Å²) in [6, 6.07) is 140. The van der Waals surface area contributed by atoms with Crippen molar-refractivity contribution >= 4 is 131 Å². The molecule has 23 rings (SSSR count). The molecule has 111 heavy (non-hydrogen) atoms. The number of para-hydroxylation sites is 7. The van der Waals surface area contributed by atoms with Gasteiger partial charge in [-0.25, -0.2) is 0 Å². The Kier molecular flexibility index (Phi) is 13.8. The van der Waals surface area contributed by atoms with Crippen LogP contribution in [0.3, 0.4) is 0 Å². The molecule has 0 aliphatic heterocycles. The number of ether oxygens (including phenoxy) is 2. The first-order chi connectivity index (χ1) is 55.0. The summed E-state index contributed by atoms with van der Waals surface area (Å²) in [4.78, 5) is 0. The summed E-state index contributed by atoms with van der Waals surface area (Å²) in [6.45, 7) is 0. The maximum Gasteiger partial charge on any atom is 0.127 e. The van der Waals surface area contributed by atoms with Crippen molar-refractivity contribution in [2.75, 3.05) is 7.11 Å². The molecular weight excluding hydrogens is 1350 g/mol. The van der Waals surface area contributed by atoms with Gasteiger partial charge >= 0.3 is 0 Å². The monoisotopic (exact) mass is 1420 g/mol. The fraction of sp³-hybridized carbons (Fsp3) is 0.00971. The predicted molar refractivity (Wildman–Crippen MR) is 462 cm³/mol. The summed E-state index contributed by atoms with van der Waals surface area (Å²) in [5.74, 6) is 2.44. The smallest absolute Gasteiger partial charge is 0.127 e. The molecule has 0 aliphatic carbocycles. The van der Waals surface area contributed by atoms with Crippen LogP contribution in [0.4, 0.5) is 0 Å². The van der Waals surface area contributed by atoms with Gasteiger partial charge in [-0.05, 0) is 234 Å². The van der Waals surface area contributed by atoms with Crippen LogP contribution >= 0.6 is 0 Å². The zero-order valence-electron chi connectivity index (χ0n) is 60.4. The lowest BCUT2D eigenvalue weighted by Gasteiger charge is -2.13. The van der Waals surface area contributed by atoms with E-state index in [1.807, 2.05) is 42.5 Å². The quantitative estimate of drug-likeness (QED) is 0.122. The van der Waals surface area contributed by atoms with Gasteiger partial charge in [0, 0.05) is 98.8 Å². The predicted octanol–water partition coefficient (Wildman–Crippen LogP) is 27.1. The second-order valence-electron chi connectivity index (χ2n) is 29.2. The molecule has 8 nitrogen and oxygen atoms in total. The highest BCUT2D eigenvalue weighted by atomic mass is 16.5. The van der Waals surface area contributed by atoms with Gasteiger partial charge in [0.2, 0.25) is 0 Å². The number of methoxy groups -OCH3 is 1. The normalized spacial score (nSPS) is 12.0. The summed E-state index contributed by atoms with van der Waals surface area (Å²) in [5, 5.41) is 14.4. The number of aromatic nitrogens is 6. The standard InChI is InChI=1S/C103H66N6O2/c1-110-77-46-40-72(41-47-77)105-93-31-14-9-26-81(93)87-59-67(38-52-97(87)105)69-35-50-85-80-25-8-13-30-92(80)108(102(85)61-69)75-45-56-101-91(63-75)84-29-12-17-34-96(84)107(101)74-22-18-19-65(57-74)66-37-54-99-89(58-66)86-51-36-70(62-103(86)109(99)76-44-55-100-90(64-76)83-28-11-16-33-95(83)104(100)71-20-4-2-5-21-71)68-39-53-98-88(60-68)82-27-10-15-32-94(82)106(98)73-42-48-79(49-43-73)111-78-23-6-3-7-24-78/h2-64H,1H3. The van der Waals surface area contributed by atoms with Gasteiger partial charge in [0.1, 0.15) is 17.2 Å². The van der Waals surface area contributed by atoms with E-state index < -0.39 is 0 Å². The van der Waals surface area contributed by atoms with Gasteiger partial charge in [0.05, 0.1) is 73.3 Å².